The van der Waals surface area contributed by atoms with Gasteiger partial charge in [-0.15, -0.1) is 0 Å². The first kappa shape index (κ1) is 24.1. The van der Waals surface area contributed by atoms with Crippen LogP contribution in [0, 0.1) is 18.7 Å². The Morgan fingerprint density at radius 3 is 2.29 bits per heavy atom. The molecule has 0 heterocycles. The molecule has 0 saturated carbocycles. The molecule has 1 aromatic rings. The Kier molecular flexibility index (Phi) is 8.17. The van der Waals surface area contributed by atoms with Crippen molar-refractivity contribution in [1.82, 2.24) is 5.32 Å². The zero-order valence-corrected chi connectivity index (χ0v) is 18.3. The van der Waals surface area contributed by atoms with E-state index in [1.807, 2.05) is 13.8 Å². The van der Waals surface area contributed by atoms with Gasteiger partial charge < -0.3 is 19.6 Å². The van der Waals surface area contributed by atoms with Crippen LogP contribution in [-0.2, 0) is 14.3 Å². The van der Waals surface area contributed by atoms with Gasteiger partial charge in [-0.3, -0.25) is 0 Å². The third-order valence-electron chi connectivity index (χ3n) is 4.51. The largest absolute Gasteiger partial charge is 0.444 e. The highest BCUT2D eigenvalue weighted by molar-refractivity contribution is 5.76. The minimum absolute atomic E-state index is 0.000369. The van der Waals surface area contributed by atoms with E-state index >= 15 is 0 Å². The molecule has 1 amide bonds. The maximum absolute atomic E-state index is 13.5. The summed E-state index contributed by atoms with van der Waals surface area (Å²) in [7, 11) is 0. The van der Waals surface area contributed by atoms with Crippen LogP contribution >= 0.6 is 0 Å². The summed E-state index contributed by atoms with van der Waals surface area (Å²) in [6.07, 6.45) is -0.269. The molecule has 1 N–H and O–H groups in total. The molecule has 28 heavy (non-hydrogen) atoms. The molecule has 6 heteroatoms. The van der Waals surface area contributed by atoms with Gasteiger partial charge in [-0.05, 0) is 70.7 Å². The Labute approximate surface area is 168 Å². The van der Waals surface area contributed by atoms with Crippen LogP contribution in [-0.4, -0.2) is 36.2 Å². The number of carbonyl (C=O) groups is 2. The van der Waals surface area contributed by atoms with Crippen molar-refractivity contribution in [2.24, 2.45) is 5.92 Å². The minimum Gasteiger partial charge on any atom is -0.444 e. The van der Waals surface area contributed by atoms with Crippen molar-refractivity contribution in [3.05, 3.63) is 35.1 Å². The highest BCUT2D eigenvalue weighted by atomic mass is 19.1. The summed E-state index contributed by atoms with van der Waals surface area (Å²) in [5.74, 6) is -0.0223. The molecule has 3 atom stereocenters. The number of halogens is 1. The molecule has 158 valence electrons. The first-order chi connectivity index (χ1) is 12.8. The molecule has 0 radical (unpaired) electrons. The molecule has 0 aliphatic rings. The predicted octanol–water partition coefficient (Wildman–Crippen LogP) is 4.76. The van der Waals surface area contributed by atoms with Crippen molar-refractivity contribution in [1.29, 1.82) is 0 Å². The Bertz CT molecular complexity index is 684. The first-order valence-electron chi connectivity index (χ1n) is 9.63. The number of hydrogen-bond acceptors (Lipinski definition) is 4. The number of ether oxygens (including phenoxy) is 2. The van der Waals surface area contributed by atoms with Crippen LogP contribution in [0.1, 0.15) is 65.5 Å². The summed E-state index contributed by atoms with van der Waals surface area (Å²) >= 11 is 0. The van der Waals surface area contributed by atoms with E-state index in [0.717, 1.165) is 11.1 Å². The van der Waals surface area contributed by atoms with Crippen LogP contribution in [0.15, 0.2) is 18.2 Å². The predicted molar refractivity (Wildman–Crippen MR) is 108 cm³/mol. The number of hydrogen-bond donors (Lipinski definition) is 1. The van der Waals surface area contributed by atoms with E-state index in [2.05, 4.69) is 19.2 Å². The van der Waals surface area contributed by atoms with Gasteiger partial charge in [0.1, 0.15) is 23.2 Å². The molecule has 0 unspecified atom stereocenters. The molecule has 0 spiro atoms. The highest BCUT2D eigenvalue weighted by Gasteiger charge is 2.32. The van der Waals surface area contributed by atoms with Gasteiger partial charge in [0.2, 0.25) is 0 Å². The first-order valence-corrected chi connectivity index (χ1v) is 9.63. The van der Waals surface area contributed by atoms with Gasteiger partial charge in [0.25, 0.3) is 0 Å². The van der Waals surface area contributed by atoms with Crippen molar-refractivity contribution in [2.45, 2.75) is 78.6 Å². The molecule has 1 aromatic carbocycles. The molecule has 1 rings (SSSR count). The fourth-order valence-corrected chi connectivity index (χ4v) is 3.21. The van der Waals surface area contributed by atoms with Crippen LogP contribution in [0.4, 0.5) is 9.18 Å². The highest BCUT2D eigenvalue weighted by Crippen LogP contribution is 2.32. The van der Waals surface area contributed by atoms with Gasteiger partial charge in [0.15, 0.2) is 0 Å². The van der Waals surface area contributed by atoms with Crippen molar-refractivity contribution in [3.8, 4) is 0 Å². The van der Waals surface area contributed by atoms with E-state index in [9.17, 15) is 14.0 Å². The van der Waals surface area contributed by atoms with E-state index in [1.54, 1.807) is 33.8 Å². The van der Waals surface area contributed by atoms with Gasteiger partial charge in [-0.2, -0.15) is 0 Å². The average Bonchev–Trinajstić information content (AvgIpc) is 2.53. The number of nitrogens with one attached hydrogen (secondary N) is 1. The maximum Gasteiger partial charge on any atom is 0.408 e. The van der Waals surface area contributed by atoms with Crippen molar-refractivity contribution < 1.29 is 23.5 Å². The number of aldehydes is 1. The number of aryl methyl sites for hydroxylation is 1. The number of amides is 1. The van der Waals surface area contributed by atoms with E-state index < -0.39 is 17.2 Å². The van der Waals surface area contributed by atoms with Gasteiger partial charge in [-0.25, -0.2) is 9.18 Å². The Balaban J connectivity index is 2.88. The Hall–Kier alpha value is -1.95. The standard InChI is InChI=1S/C22H34FNO4/c1-14(2)19(18-10-9-17(23)11-15(18)3)16(4)27-13-22(8,12-25)24-20(26)28-21(5,6)7/h9-12,14,16,19H,13H2,1-8H3,(H,24,26)/t16-,19+,22+/m0/s1. The van der Waals surface area contributed by atoms with Gasteiger partial charge >= 0.3 is 6.09 Å². The van der Waals surface area contributed by atoms with Crippen LogP contribution in [0.5, 0.6) is 0 Å². The minimum atomic E-state index is -1.21. The lowest BCUT2D eigenvalue weighted by Crippen LogP contribution is -2.53. The van der Waals surface area contributed by atoms with Crippen molar-refractivity contribution >= 4 is 12.4 Å². The summed E-state index contributed by atoms with van der Waals surface area (Å²) in [4.78, 5) is 23.6. The molecule has 0 aromatic heterocycles. The third kappa shape index (κ3) is 7.23. The number of benzene rings is 1. The van der Waals surface area contributed by atoms with E-state index in [1.165, 1.54) is 12.1 Å². The lowest BCUT2D eigenvalue weighted by molar-refractivity contribution is -0.116. The summed E-state index contributed by atoms with van der Waals surface area (Å²) in [5, 5.41) is 2.58. The second kappa shape index (κ2) is 9.50. The Morgan fingerprint density at radius 2 is 1.82 bits per heavy atom. The van der Waals surface area contributed by atoms with Crippen LogP contribution in [0.2, 0.25) is 0 Å². The lowest BCUT2D eigenvalue weighted by atomic mass is 9.82. The van der Waals surface area contributed by atoms with E-state index in [4.69, 9.17) is 9.47 Å². The average molecular weight is 396 g/mol. The van der Waals surface area contributed by atoms with Crippen LogP contribution in [0.3, 0.4) is 0 Å². The van der Waals surface area contributed by atoms with Crippen molar-refractivity contribution in [2.75, 3.05) is 6.61 Å². The number of rotatable bonds is 8. The van der Waals surface area contributed by atoms with E-state index in [0.29, 0.717) is 6.29 Å². The SMILES string of the molecule is Cc1cc(F)ccc1[C@H](C(C)C)[C@H](C)OC[C@@](C)(C=O)NC(=O)OC(C)(C)C. The fourth-order valence-electron chi connectivity index (χ4n) is 3.21. The van der Waals surface area contributed by atoms with Crippen molar-refractivity contribution in [3.63, 3.8) is 0 Å². The third-order valence-corrected chi connectivity index (χ3v) is 4.51. The normalized spacial score (nSPS) is 16.2. The maximum atomic E-state index is 13.5. The smallest absolute Gasteiger partial charge is 0.408 e. The molecule has 0 aliphatic heterocycles. The molecular weight excluding hydrogens is 361 g/mol. The molecular formula is C22H34FNO4. The number of alkyl carbamates (subject to hydrolysis) is 1. The fraction of sp³-hybridized carbons (Fsp3) is 0.636. The molecule has 5 nitrogen and oxygen atoms in total. The second-order valence-electron chi connectivity index (χ2n) is 8.95. The topological polar surface area (TPSA) is 64.6 Å². The zero-order valence-electron chi connectivity index (χ0n) is 18.3. The van der Waals surface area contributed by atoms with Gasteiger partial charge in [0.05, 0.1) is 12.7 Å². The molecule has 0 fully saturated rings. The van der Waals surface area contributed by atoms with Gasteiger partial charge in [0, 0.05) is 5.92 Å². The van der Waals surface area contributed by atoms with Crippen LogP contribution < -0.4 is 5.32 Å². The second-order valence-corrected chi connectivity index (χ2v) is 8.95. The summed E-state index contributed by atoms with van der Waals surface area (Å²) in [6.45, 7) is 14.8. The summed E-state index contributed by atoms with van der Waals surface area (Å²) in [5.41, 5.74) is -0.00288. The van der Waals surface area contributed by atoms with Gasteiger partial charge in [-0.1, -0.05) is 19.9 Å². The van der Waals surface area contributed by atoms with E-state index in [-0.39, 0.29) is 30.4 Å². The zero-order chi connectivity index (χ0) is 21.7. The molecule has 0 saturated heterocycles. The summed E-state index contributed by atoms with van der Waals surface area (Å²) < 4.78 is 24.7. The monoisotopic (exact) mass is 395 g/mol. The Morgan fingerprint density at radius 1 is 1.21 bits per heavy atom. The number of carbonyl (C=O) groups excluding carboxylic acids is 2. The quantitative estimate of drug-likeness (QED) is 0.645. The lowest BCUT2D eigenvalue weighted by Gasteiger charge is -2.33. The summed E-state index contributed by atoms with van der Waals surface area (Å²) in [6, 6.07) is 4.74. The van der Waals surface area contributed by atoms with Crippen LogP contribution in [0.25, 0.3) is 0 Å². The molecule has 0 aliphatic carbocycles. The molecule has 0 bridgehead atoms.